The molecule has 1 heterocycles. The zero-order valence-electron chi connectivity index (χ0n) is 12.0. The van der Waals surface area contributed by atoms with Crippen molar-refractivity contribution >= 4 is 23.8 Å². The van der Waals surface area contributed by atoms with Gasteiger partial charge in [0, 0.05) is 7.05 Å². The second-order valence-corrected chi connectivity index (χ2v) is 5.82. The van der Waals surface area contributed by atoms with Crippen LogP contribution in [0.4, 0.5) is 4.79 Å². The van der Waals surface area contributed by atoms with E-state index in [2.05, 4.69) is 5.32 Å². The summed E-state index contributed by atoms with van der Waals surface area (Å²) >= 11 is 0. The Morgan fingerprint density at radius 2 is 1.90 bits per heavy atom. The summed E-state index contributed by atoms with van der Waals surface area (Å²) in [6, 6.07) is -1.66. The first-order valence-corrected chi connectivity index (χ1v) is 6.11. The molecule has 1 aliphatic heterocycles. The summed E-state index contributed by atoms with van der Waals surface area (Å²) in [6.07, 6.45) is 0. The number of nitrogens with one attached hydrogen (secondary N) is 1. The largest absolute Gasteiger partial charge is 0.480 e. The highest BCUT2D eigenvalue weighted by atomic mass is 16.4. The predicted octanol–water partition coefficient (Wildman–Crippen LogP) is -0.504. The first-order valence-electron chi connectivity index (χ1n) is 6.11. The normalized spacial score (nSPS) is 17.4. The summed E-state index contributed by atoms with van der Waals surface area (Å²) in [7, 11) is 1.45. The van der Waals surface area contributed by atoms with Crippen LogP contribution in [0.3, 0.4) is 0 Å². The quantitative estimate of drug-likeness (QED) is 0.677. The summed E-state index contributed by atoms with van der Waals surface area (Å²) in [5.74, 6) is -2.32. The van der Waals surface area contributed by atoms with Crippen molar-refractivity contribution in [2.45, 2.75) is 26.8 Å². The molecule has 1 saturated heterocycles. The second kappa shape index (κ2) is 5.48. The number of carboxylic acid groups (broad SMARTS) is 1. The second-order valence-electron chi connectivity index (χ2n) is 5.82. The van der Waals surface area contributed by atoms with Crippen LogP contribution in [0.5, 0.6) is 0 Å². The number of nitrogens with zero attached hydrogens (tertiary/aromatic N) is 2. The van der Waals surface area contributed by atoms with Crippen molar-refractivity contribution in [1.82, 2.24) is 15.1 Å². The fourth-order valence-corrected chi connectivity index (χ4v) is 1.82. The number of amides is 4. The van der Waals surface area contributed by atoms with Crippen molar-refractivity contribution in [1.29, 1.82) is 0 Å². The molecule has 2 N–H and O–H groups in total. The Morgan fingerprint density at radius 3 is 2.25 bits per heavy atom. The first kappa shape index (κ1) is 15.9. The molecule has 0 bridgehead atoms. The van der Waals surface area contributed by atoms with Crippen molar-refractivity contribution in [3.05, 3.63) is 0 Å². The van der Waals surface area contributed by atoms with Gasteiger partial charge in [0.15, 0.2) is 0 Å². The standard InChI is InChI=1S/C12H19N3O5/c1-12(2,3)9(10(18)19)13-7(16)5-15-8(17)6-14(4)11(15)20/h9H,5-6H2,1-4H3,(H,13,16)(H,18,19)/t9-/m1/s1. The molecule has 8 nitrogen and oxygen atoms in total. The van der Waals surface area contributed by atoms with Crippen molar-refractivity contribution in [3.63, 3.8) is 0 Å². The molecule has 1 atom stereocenters. The monoisotopic (exact) mass is 285 g/mol. The molecular weight excluding hydrogens is 266 g/mol. The molecule has 4 amide bonds. The van der Waals surface area contributed by atoms with Gasteiger partial charge in [0.05, 0.1) is 0 Å². The van der Waals surface area contributed by atoms with Crippen LogP contribution in [0.1, 0.15) is 20.8 Å². The summed E-state index contributed by atoms with van der Waals surface area (Å²) in [4.78, 5) is 48.1. The Kier molecular flexibility index (Phi) is 4.36. The van der Waals surface area contributed by atoms with E-state index in [0.717, 1.165) is 4.90 Å². The minimum atomic E-state index is -1.16. The number of imide groups is 1. The van der Waals surface area contributed by atoms with Gasteiger partial charge in [-0.25, -0.2) is 9.59 Å². The van der Waals surface area contributed by atoms with Crippen LogP contribution in [-0.2, 0) is 14.4 Å². The third-order valence-corrected chi connectivity index (χ3v) is 2.95. The smallest absolute Gasteiger partial charge is 0.327 e. The molecule has 0 radical (unpaired) electrons. The van der Waals surface area contributed by atoms with E-state index in [1.54, 1.807) is 20.8 Å². The molecule has 1 rings (SSSR count). The zero-order chi connectivity index (χ0) is 15.7. The lowest BCUT2D eigenvalue weighted by Crippen LogP contribution is -2.52. The van der Waals surface area contributed by atoms with Crippen LogP contribution in [0.25, 0.3) is 0 Å². The molecule has 0 aromatic heterocycles. The summed E-state index contributed by atoms with van der Waals surface area (Å²) in [5.41, 5.74) is -0.683. The minimum absolute atomic E-state index is 0.0757. The topological polar surface area (TPSA) is 107 Å². The molecule has 0 aliphatic carbocycles. The first-order chi connectivity index (χ1) is 9.04. The number of carbonyl (C=O) groups is 4. The molecule has 0 unspecified atom stereocenters. The Labute approximate surface area is 116 Å². The van der Waals surface area contributed by atoms with Gasteiger partial charge in [-0.2, -0.15) is 0 Å². The maximum Gasteiger partial charge on any atom is 0.327 e. The van der Waals surface area contributed by atoms with E-state index >= 15 is 0 Å². The van der Waals surface area contributed by atoms with E-state index in [4.69, 9.17) is 5.11 Å². The highest BCUT2D eigenvalue weighted by Crippen LogP contribution is 2.19. The van der Waals surface area contributed by atoms with E-state index in [1.165, 1.54) is 11.9 Å². The van der Waals surface area contributed by atoms with Crippen LogP contribution in [-0.4, -0.2) is 64.9 Å². The van der Waals surface area contributed by atoms with Crippen LogP contribution in [0.2, 0.25) is 0 Å². The SMILES string of the molecule is CN1CC(=O)N(CC(=O)N[C@H](C(=O)O)C(C)(C)C)C1=O. The summed E-state index contributed by atoms with van der Waals surface area (Å²) in [6.45, 7) is 4.47. The van der Waals surface area contributed by atoms with E-state index in [-0.39, 0.29) is 6.54 Å². The van der Waals surface area contributed by atoms with Gasteiger partial charge in [0.2, 0.25) is 5.91 Å². The van der Waals surface area contributed by atoms with Gasteiger partial charge in [-0.3, -0.25) is 14.5 Å². The molecule has 112 valence electrons. The lowest BCUT2D eigenvalue weighted by atomic mass is 9.87. The fraction of sp³-hybridized carbons (Fsp3) is 0.667. The predicted molar refractivity (Wildman–Crippen MR) is 68.8 cm³/mol. The average Bonchev–Trinajstić information content (AvgIpc) is 2.51. The summed E-state index contributed by atoms with van der Waals surface area (Å²) in [5, 5.41) is 11.4. The summed E-state index contributed by atoms with van der Waals surface area (Å²) < 4.78 is 0. The van der Waals surface area contributed by atoms with Gasteiger partial charge >= 0.3 is 12.0 Å². The molecule has 0 aromatic rings. The molecular formula is C12H19N3O5. The van der Waals surface area contributed by atoms with E-state index in [9.17, 15) is 19.2 Å². The van der Waals surface area contributed by atoms with Gasteiger partial charge < -0.3 is 15.3 Å². The van der Waals surface area contributed by atoms with Gasteiger partial charge in [-0.1, -0.05) is 20.8 Å². The van der Waals surface area contributed by atoms with E-state index in [0.29, 0.717) is 0 Å². The van der Waals surface area contributed by atoms with Gasteiger partial charge in [-0.15, -0.1) is 0 Å². The third-order valence-electron chi connectivity index (χ3n) is 2.95. The Hall–Kier alpha value is -2.12. The number of urea groups is 1. The fourth-order valence-electron chi connectivity index (χ4n) is 1.82. The number of hydrogen-bond donors (Lipinski definition) is 2. The lowest BCUT2D eigenvalue weighted by Gasteiger charge is -2.28. The molecule has 1 aliphatic rings. The van der Waals surface area contributed by atoms with Gasteiger partial charge in [-0.05, 0) is 5.41 Å². The molecule has 8 heteroatoms. The van der Waals surface area contributed by atoms with Crippen molar-refractivity contribution in [3.8, 4) is 0 Å². The average molecular weight is 285 g/mol. The van der Waals surface area contributed by atoms with E-state index in [1.807, 2.05) is 0 Å². The Balaban J connectivity index is 2.70. The van der Waals surface area contributed by atoms with Crippen molar-refractivity contribution in [2.24, 2.45) is 5.41 Å². The molecule has 0 aromatic carbocycles. The number of aliphatic carboxylic acids is 1. The van der Waals surface area contributed by atoms with Crippen molar-refractivity contribution < 1.29 is 24.3 Å². The Morgan fingerprint density at radius 1 is 1.35 bits per heavy atom. The molecule has 20 heavy (non-hydrogen) atoms. The Bertz CT molecular complexity index is 454. The molecule has 0 saturated carbocycles. The number of rotatable bonds is 4. The zero-order valence-corrected chi connectivity index (χ0v) is 12.0. The molecule has 1 fully saturated rings. The van der Waals surface area contributed by atoms with Crippen molar-refractivity contribution in [2.75, 3.05) is 20.1 Å². The highest BCUT2D eigenvalue weighted by molar-refractivity contribution is 6.04. The van der Waals surface area contributed by atoms with Crippen LogP contribution >= 0.6 is 0 Å². The van der Waals surface area contributed by atoms with E-state index < -0.39 is 41.8 Å². The van der Waals surface area contributed by atoms with Crippen LogP contribution < -0.4 is 5.32 Å². The maximum absolute atomic E-state index is 11.8. The number of carboxylic acids is 1. The number of carbonyl (C=O) groups excluding carboxylic acids is 3. The van der Waals surface area contributed by atoms with Gasteiger partial charge in [0.25, 0.3) is 5.91 Å². The van der Waals surface area contributed by atoms with Crippen LogP contribution in [0.15, 0.2) is 0 Å². The molecule has 0 spiro atoms. The number of hydrogen-bond acceptors (Lipinski definition) is 4. The van der Waals surface area contributed by atoms with Gasteiger partial charge in [0.1, 0.15) is 19.1 Å². The highest BCUT2D eigenvalue weighted by Gasteiger charge is 2.37. The minimum Gasteiger partial charge on any atom is -0.480 e. The third kappa shape index (κ3) is 3.46. The van der Waals surface area contributed by atoms with Crippen LogP contribution in [0, 0.1) is 5.41 Å². The number of likely N-dealkylation sites (N-methyl/N-ethyl adjacent to an activating group) is 1. The lowest BCUT2D eigenvalue weighted by molar-refractivity contribution is -0.145. The maximum atomic E-state index is 11.8.